The molecular weight excluding hydrogens is 305 g/mol. The standard InChI is InChI=1S/C15H10F5NO/c16-14(17)7-6-11-12(13(14)22)10(15(18,19)20)8-21(11)9-4-2-1-3-5-9/h1-5,8H,6-7H2. The van der Waals surface area contributed by atoms with Crippen LogP contribution in [0.3, 0.4) is 0 Å². The number of hydrogen-bond donors (Lipinski definition) is 0. The molecule has 0 spiro atoms. The molecule has 22 heavy (non-hydrogen) atoms. The van der Waals surface area contributed by atoms with Crippen LogP contribution in [0, 0.1) is 0 Å². The van der Waals surface area contributed by atoms with Crippen molar-refractivity contribution in [3.63, 3.8) is 0 Å². The van der Waals surface area contributed by atoms with Crippen molar-refractivity contribution in [2.45, 2.75) is 24.9 Å². The van der Waals surface area contributed by atoms with E-state index in [2.05, 4.69) is 0 Å². The first-order chi connectivity index (χ1) is 10.2. The van der Waals surface area contributed by atoms with Crippen molar-refractivity contribution in [1.29, 1.82) is 0 Å². The number of para-hydroxylation sites is 1. The largest absolute Gasteiger partial charge is 0.418 e. The van der Waals surface area contributed by atoms with E-state index in [1.54, 1.807) is 30.3 Å². The summed E-state index contributed by atoms with van der Waals surface area (Å²) >= 11 is 0. The van der Waals surface area contributed by atoms with E-state index in [0.29, 0.717) is 5.69 Å². The SMILES string of the molecule is O=C1c2c(C(F)(F)F)cn(-c3ccccc3)c2CCC1(F)F. The molecule has 0 radical (unpaired) electrons. The molecule has 1 aliphatic rings. The second-order valence-electron chi connectivity index (χ2n) is 5.10. The highest BCUT2D eigenvalue weighted by Gasteiger charge is 2.50. The van der Waals surface area contributed by atoms with Gasteiger partial charge in [0.1, 0.15) is 0 Å². The van der Waals surface area contributed by atoms with Crippen molar-refractivity contribution in [3.05, 3.63) is 53.3 Å². The monoisotopic (exact) mass is 315 g/mol. The fourth-order valence-corrected chi connectivity index (χ4v) is 2.65. The Kier molecular flexibility index (Phi) is 3.12. The number of ketones is 1. The van der Waals surface area contributed by atoms with E-state index in [9.17, 15) is 26.7 Å². The van der Waals surface area contributed by atoms with Crippen molar-refractivity contribution >= 4 is 5.78 Å². The van der Waals surface area contributed by atoms with Crippen LogP contribution in [-0.2, 0) is 12.6 Å². The summed E-state index contributed by atoms with van der Waals surface area (Å²) in [5.74, 6) is -5.51. The molecule has 116 valence electrons. The average molecular weight is 315 g/mol. The molecule has 0 bridgehead atoms. The molecule has 1 aliphatic carbocycles. The summed E-state index contributed by atoms with van der Waals surface area (Å²) in [7, 11) is 0. The van der Waals surface area contributed by atoms with Crippen molar-refractivity contribution < 1.29 is 26.7 Å². The lowest BCUT2D eigenvalue weighted by Crippen LogP contribution is -2.35. The van der Waals surface area contributed by atoms with Gasteiger partial charge in [0.2, 0.25) is 5.78 Å². The maximum atomic E-state index is 13.5. The Morgan fingerprint density at radius 2 is 1.73 bits per heavy atom. The lowest BCUT2D eigenvalue weighted by atomic mass is 9.90. The van der Waals surface area contributed by atoms with Crippen LogP contribution >= 0.6 is 0 Å². The molecule has 0 saturated carbocycles. The maximum absolute atomic E-state index is 13.5. The van der Waals surface area contributed by atoms with Gasteiger partial charge in [0.15, 0.2) is 0 Å². The highest BCUT2D eigenvalue weighted by atomic mass is 19.4. The lowest BCUT2D eigenvalue weighted by molar-refractivity contribution is -0.138. The number of nitrogens with zero attached hydrogens (tertiary/aromatic N) is 1. The Morgan fingerprint density at radius 3 is 2.32 bits per heavy atom. The Balaban J connectivity index is 2.27. The van der Waals surface area contributed by atoms with Crippen LogP contribution in [0.1, 0.15) is 28.0 Å². The van der Waals surface area contributed by atoms with Gasteiger partial charge in [0.25, 0.3) is 0 Å². The van der Waals surface area contributed by atoms with E-state index >= 15 is 0 Å². The Bertz CT molecular complexity index is 730. The minimum Gasteiger partial charge on any atom is -0.320 e. The second-order valence-corrected chi connectivity index (χ2v) is 5.10. The number of Topliss-reactive ketones (excluding diaryl/α,β-unsaturated/α-hetero) is 1. The highest BCUT2D eigenvalue weighted by Crippen LogP contribution is 2.42. The molecule has 0 aliphatic heterocycles. The quantitative estimate of drug-likeness (QED) is 0.721. The Hall–Kier alpha value is -2.18. The molecule has 7 heteroatoms. The molecular formula is C15H10F5NO. The van der Waals surface area contributed by atoms with Gasteiger partial charge in [-0.3, -0.25) is 4.79 Å². The van der Waals surface area contributed by atoms with Crippen LogP contribution < -0.4 is 0 Å². The fourth-order valence-electron chi connectivity index (χ4n) is 2.65. The maximum Gasteiger partial charge on any atom is 0.418 e. The summed E-state index contributed by atoms with van der Waals surface area (Å²) in [6.07, 6.45) is -5.22. The summed E-state index contributed by atoms with van der Waals surface area (Å²) in [6.45, 7) is 0. The van der Waals surface area contributed by atoms with Crippen molar-refractivity contribution in [2.75, 3.05) is 0 Å². The van der Waals surface area contributed by atoms with Crippen molar-refractivity contribution in [2.24, 2.45) is 0 Å². The zero-order valence-corrected chi connectivity index (χ0v) is 11.1. The van der Waals surface area contributed by atoms with Gasteiger partial charge in [0, 0.05) is 24.0 Å². The first kappa shape index (κ1) is 14.7. The summed E-state index contributed by atoms with van der Waals surface area (Å²) in [4.78, 5) is 11.8. The molecule has 0 N–H and O–H groups in total. The number of carbonyl (C=O) groups is 1. The highest BCUT2D eigenvalue weighted by molar-refractivity contribution is 6.05. The Morgan fingerprint density at radius 1 is 1.09 bits per heavy atom. The van der Waals surface area contributed by atoms with E-state index in [-0.39, 0.29) is 12.1 Å². The van der Waals surface area contributed by atoms with Gasteiger partial charge in [-0.2, -0.15) is 22.0 Å². The van der Waals surface area contributed by atoms with E-state index < -0.39 is 35.4 Å². The van der Waals surface area contributed by atoms with Gasteiger partial charge in [-0.15, -0.1) is 0 Å². The van der Waals surface area contributed by atoms with Crippen molar-refractivity contribution in [3.8, 4) is 5.69 Å². The summed E-state index contributed by atoms with van der Waals surface area (Å²) in [5, 5.41) is 0. The van der Waals surface area contributed by atoms with Crippen LogP contribution in [0.15, 0.2) is 36.5 Å². The van der Waals surface area contributed by atoms with Crippen LogP contribution in [-0.4, -0.2) is 16.3 Å². The molecule has 1 heterocycles. The molecule has 0 atom stereocenters. The molecule has 0 amide bonds. The predicted molar refractivity (Wildman–Crippen MR) is 68.4 cm³/mol. The van der Waals surface area contributed by atoms with Gasteiger partial charge >= 0.3 is 12.1 Å². The fraction of sp³-hybridized carbons (Fsp3) is 0.267. The Labute approximate surface area is 122 Å². The minimum atomic E-state index is -4.87. The van der Waals surface area contributed by atoms with E-state index in [1.165, 1.54) is 4.57 Å². The minimum absolute atomic E-state index is 0.0190. The molecule has 0 unspecified atom stereocenters. The molecule has 2 nitrogen and oxygen atoms in total. The van der Waals surface area contributed by atoms with Crippen LogP contribution in [0.25, 0.3) is 5.69 Å². The van der Waals surface area contributed by atoms with Gasteiger partial charge in [-0.25, -0.2) is 0 Å². The van der Waals surface area contributed by atoms with E-state index in [1.807, 2.05) is 0 Å². The third-order valence-corrected chi connectivity index (χ3v) is 3.68. The molecule has 1 aromatic carbocycles. The van der Waals surface area contributed by atoms with Crippen molar-refractivity contribution in [1.82, 2.24) is 4.57 Å². The molecule has 3 rings (SSSR count). The molecule has 1 aromatic heterocycles. The van der Waals surface area contributed by atoms with Gasteiger partial charge in [-0.1, -0.05) is 18.2 Å². The summed E-state index contributed by atoms with van der Waals surface area (Å²) in [5.41, 5.74) is -1.84. The first-order valence-corrected chi connectivity index (χ1v) is 6.51. The van der Waals surface area contributed by atoms with E-state index in [4.69, 9.17) is 0 Å². The molecule has 2 aromatic rings. The molecule has 0 fully saturated rings. The number of benzene rings is 1. The number of fused-ring (bicyclic) bond motifs is 1. The van der Waals surface area contributed by atoms with Gasteiger partial charge < -0.3 is 4.57 Å². The summed E-state index contributed by atoms with van der Waals surface area (Å²) in [6, 6.07) is 8.03. The summed E-state index contributed by atoms with van der Waals surface area (Å²) < 4.78 is 67.6. The number of hydrogen-bond acceptors (Lipinski definition) is 1. The number of halogens is 5. The second kappa shape index (κ2) is 4.66. The number of carbonyl (C=O) groups excluding carboxylic acids is 1. The van der Waals surface area contributed by atoms with Gasteiger partial charge in [-0.05, 0) is 18.6 Å². The third-order valence-electron chi connectivity index (χ3n) is 3.68. The predicted octanol–water partition coefficient (Wildman–Crippen LogP) is 4.26. The molecule has 0 saturated heterocycles. The van der Waals surface area contributed by atoms with Crippen LogP contribution in [0.4, 0.5) is 22.0 Å². The van der Waals surface area contributed by atoms with Gasteiger partial charge in [0.05, 0.1) is 11.1 Å². The normalized spacial score (nSPS) is 17.4. The van der Waals surface area contributed by atoms with Crippen LogP contribution in [0.5, 0.6) is 0 Å². The number of alkyl halides is 5. The number of aromatic nitrogens is 1. The van der Waals surface area contributed by atoms with Crippen LogP contribution in [0.2, 0.25) is 0 Å². The van der Waals surface area contributed by atoms with E-state index in [0.717, 1.165) is 6.20 Å². The zero-order valence-electron chi connectivity index (χ0n) is 11.1. The topological polar surface area (TPSA) is 22.0 Å². The lowest BCUT2D eigenvalue weighted by Gasteiger charge is -2.23. The average Bonchev–Trinajstić information content (AvgIpc) is 2.84. The zero-order chi connectivity index (χ0) is 16.1. The smallest absolute Gasteiger partial charge is 0.320 e. The first-order valence-electron chi connectivity index (χ1n) is 6.51. The third kappa shape index (κ3) is 2.20. The number of rotatable bonds is 1.